The van der Waals surface area contributed by atoms with E-state index in [2.05, 4.69) is 4.99 Å². The van der Waals surface area contributed by atoms with Gasteiger partial charge >= 0.3 is 0 Å². The molecule has 0 aromatic heterocycles. The predicted octanol–water partition coefficient (Wildman–Crippen LogP) is 1.59. The van der Waals surface area contributed by atoms with E-state index in [1.807, 2.05) is 13.0 Å². The maximum absolute atomic E-state index is 10.9. The van der Waals surface area contributed by atoms with Gasteiger partial charge in [0.1, 0.15) is 5.92 Å². The molecule has 0 rings (SSSR count). The molecule has 0 aliphatic rings. The van der Waals surface area contributed by atoms with E-state index in [4.69, 9.17) is 5.26 Å². The van der Waals surface area contributed by atoms with E-state index in [-0.39, 0.29) is 5.78 Å². The first-order chi connectivity index (χ1) is 5.63. The minimum Gasteiger partial charge on any atom is -0.298 e. The van der Waals surface area contributed by atoms with Crippen molar-refractivity contribution in [3.05, 3.63) is 0 Å². The summed E-state index contributed by atoms with van der Waals surface area (Å²) in [5.41, 5.74) is 0.631. The lowest BCUT2D eigenvalue weighted by molar-refractivity contribution is -0.117. The third-order valence-electron chi connectivity index (χ3n) is 1.54. The number of carbonyl (C=O) groups is 1. The van der Waals surface area contributed by atoms with Crippen molar-refractivity contribution < 1.29 is 4.79 Å². The summed E-state index contributed by atoms with van der Waals surface area (Å²) < 4.78 is 0. The van der Waals surface area contributed by atoms with Crippen LogP contribution in [0.25, 0.3) is 0 Å². The smallest absolute Gasteiger partial charge is 0.152 e. The largest absolute Gasteiger partial charge is 0.298 e. The molecule has 1 unspecified atom stereocenters. The summed E-state index contributed by atoms with van der Waals surface area (Å²) in [6, 6.07) is 1.93. The van der Waals surface area contributed by atoms with Crippen LogP contribution in [-0.4, -0.2) is 18.0 Å². The normalized spacial score (nSPS) is 13.7. The summed E-state index contributed by atoms with van der Waals surface area (Å²) in [4.78, 5) is 15.0. The first-order valence-corrected chi connectivity index (χ1v) is 4.04. The molecule has 66 valence electrons. The van der Waals surface area contributed by atoms with Gasteiger partial charge in [-0.3, -0.25) is 9.79 Å². The van der Waals surface area contributed by atoms with Crippen LogP contribution in [0.5, 0.6) is 0 Å². The van der Waals surface area contributed by atoms with E-state index >= 15 is 0 Å². The first-order valence-electron chi connectivity index (χ1n) is 4.04. The molecule has 3 nitrogen and oxygen atoms in total. The number of rotatable bonds is 4. The highest BCUT2D eigenvalue weighted by Gasteiger charge is 2.15. The molecule has 3 heteroatoms. The third kappa shape index (κ3) is 3.29. The zero-order valence-electron chi connectivity index (χ0n) is 7.79. The molecule has 0 fully saturated rings. The van der Waals surface area contributed by atoms with Crippen molar-refractivity contribution in [3.63, 3.8) is 0 Å². The quantitative estimate of drug-likeness (QED) is 0.595. The van der Waals surface area contributed by atoms with Gasteiger partial charge in [0.25, 0.3) is 0 Å². The monoisotopic (exact) mass is 166 g/mol. The number of aliphatic imine (C=N–C) groups is 1. The minimum atomic E-state index is -0.642. The zero-order valence-corrected chi connectivity index (χ0v) is 7.79. The van der Waals surface area contributed by atoms with Crippen molar-refractivity contribution in [2.75, 3.05) is 6.54 Å². The highest BCUT2D eigenvalue weighted by Crippen LogP contribution is 2.00. The highest BCUT2D eigenvalue weighted by molar-refractivity contribution is 6.05. The van der Waals surface area contributed by atoms with E-state index in [9.17, 15) is 4.79 Å². The lowest BCUT2D eigenvalue weighted by Gasteiger charge is -2.03. The molecular formula is C9H14N2O. The van der Waals surface area contributed by atoms with Crippen molar-refractivity contribution in [3.8, 4) is 6.07 Å². The summed E-state index contributed by atoms with van der Waals surface area (Å²) >= 11 is 0. The number of Topliss-reactive ketones (excluding diaryl/α,β-unsaturated/α-hetero) is 1. The fourth-order valence-electron chi connectivity index (χ4n) is 0.858. The summed E-state index contributed by atoms with van der Waals surface area (Å²) in [5, 5.41) is 8.61. The van der Waals surface area contributed by atoms with Crippen molar-refractivity contribution in [1.82, 2.24) is 0 Å². The Morgan fingerprint density at radius 1 is 1.58 bits per heavy atom. The fraction of sp³-hybridized carbons (Fsp3) is 0.667. The molecule has 0 amide bonds. The van der Waals surface area contributed by atoms with Crippen LogP contribution in [0, 0.1) is 17.2 Å². The Kier molecular flexibility index (Phi) is 4.94. The van der Waals surface area contributed by atoms with Crippen molar-refractivity contribution in [2.24, 2.45) is 10.9 Å². The average Bonchev–Trinajstić information content (AvgIpc) is 2.01. The number of hydrogen-bond acceptors (Lipinski definition) is 3. The molecule has 1 atom stereocenters. The Morgan fingerprint density at radius 2 is 2.17 bits per heavy atom. The van der Waals surface area contributed by atoms with E-state index in [0.29, 0.717) is 12.3 Å². The van der Waals surface area contributed by atoms with Gasteiger partial charge in [0.05, 0.1) is 6.07 Å². The maximum atomic E-state index is 10.9. The van der Waals surface area contributed by atoms with Crippen LogP contribution in [0.15, 0.2) is 4.99 Å². The number of hydrogen-bond donors (Lipinski definition) is 0. The molecule has 0 radical (unpaired) electrons. The summed E-state index contributed by atoms with van der Waals surface area (Å²) in [5.74, 6) is -0.772. The molecule has 0 aromatic carbocycles. The van der Waals surface area contributed by atoms with Gasteiger partial charge < -0.3 is 0 Å². The van der Waals surface area contributed by atoms with Crippen LogP contribution >= 0.6 is 0 Å². The van der Waals surface area contributed by atoms with Crippen molar-refractivity contribution >= 4 is 11.5 Å². The second kappa shape index (κ2) is 5.48. The van der Waals surface area contributed by atoms with Gasteiger partial charge in [-0.25, -0.2) is 0 Å². The van der Waals surface area contributed by atoms with Gasteiger partial charge in [0.15, 0.2) is 5.78 Å². The van der Waals surface area contributed by atoms with Crippen LogP contribution in [0.3, 0.4) is 0 Å². The van der Waals surface area contributed by atoms with Crippen LogP contribution in [0.2, 0.25) is 0 Å². The summed E-state index contributed by atoms with van der Waals surface area (Å²) in [6.07, 6.45) is 0.938. The first kappa shape index (κ1) is 10.8. The summed E-state index contributed by atoms with van der Waals surface area (Å²) in [7, 11) is 0. The Morgan fingerprint density at radius 3 is 2.50 bits per heavy atom. The molecule has 0 heterocycles. The lowest BCUT2D eigenvalue weighted by Crippen LogP contribution is -2.17. The van der Waals surface area contributed by atoms with Crippen molar-refractivity contribution in [1.29, 1.82) is 5.26 Å². The van der Waals surface area contributed by atoms with Crippen LogP contribution in [0.4, 0.5) is 0 Å². The Bertz CT molecular complexity index is 225. The van der Waals surface area contributed by atoms with E-state index < -0.39 is 5.92 Å². The standard InChI is InChI=1S/C9H14N2O/c1-4-5-11-7(2)9(6-10)8(3)12/h9H,4-5H2,1-3H3/b11-7+. The second-order valence-electron chi connectivity index (χ2n) is 2.70. The average molecular weight is 166 g/mol. The van der Waals surface area contributed by atoms with Gasteiger partial charge in [0, 0.05) is 12.3 Å². The molecule has 0 aliphatic carbocycles. The molecule has 0 spiro atoms. The van der Waals surface area contributed by atoms with Crippen LogP contribution in [-0.2, 0) is 4.79 Å². The highest BCUT2D eigenvalue weighted by atomic mass is 16.1. The van der Waals surface area contributed by atoms with Crippen LogP contribution < -0.4 is 0 Å². The number of ketones is 1. The van der Waals surface area contributed by atoms with Gasteiger partial charge in [-0.2, -0.15) is 5.26 Å². The van der Waals surface area contributed by atoms with Gasteiger partial charge in [0.2, 0.25) is 0 Å². The van der Waals surface area contributed by atoms with E-state index in [1.165, 1.54) is 6.92 Å². The second-order valence-corrected chi connectivity index (χ2v) is 2.70. The molecule has 0 saturated heterocycles. The third-order valence-corrected chi connectivity index (χ3v) is 1.54. The van der Waals surface area contributed by atoms with Crippen LogP contribution in [0.1, 0.15) is 27.2 Å². The minimum absolute atomic E-state index is 0.130. The Labute approximate surface area is 73.1 Å². The molecular weight excluding hydrogens is 152 g/mol. The van der Waals surface area contributed by atoms with Gasteiger partial charge in [-0.15, -0.1) is 0 Å². The molecule has 12 heavy (non-hydrogen) atoms. The molecule has 0 bridgehead atoms. The fourth-order valence-corrected chi connectivity index (χ4v) is 0.858. The van der Waals surface area contributed by atoms with E-state index in [0.717, 1.165) is 6.42 Å². The number of nitrogens with zero attached hydrogens (tertiary/aromatic N) is 2. The summed E-state index contributed by atoms with van der Waals surface area (Å²) in [6.45, 7) is 5.84. The molecule has 0 N–H and O–H groups in total. The molecule has 0 aliphatic heterocycles. The molecule has 0 saturated carbocycles. The predicted molar refractivity (Wildman–Crippen MR) is 48.1 cm³/mol. The number of carbonyl (C=O) groups excluding carboxylic acids is 1. The Balaban J connectivity index is 4.33. The Hall–Kier alpha value is -1.17. The van der Waals surface area contributed by atoms with Gasteiger partial charge in [-0.05, 0) is 20.3 Å². The zero-order chi connectivity index (χ0) is 9.56. The lowest BCUT2D eigenvalue weighted by atomic mass is 10.0. The van der Waals surface area contributed by atoms with Crippen molar-refractivity contribution in [2.45, 2.75) is 27.2 Å². The van der Waals surface area contributed by atoms with E-state index in [1.54, 1.807) is 6.92 Å². The molecule has 0 aromatic rings. The SMILES string of the molecule is CCC/N=C(\C)C(C#N)C(C)=O. The van der Waals surface area contributed by atoms with Gasteiger partial charge in [-0.1, -0.05) is 6.92 Å². The topological polar surface area (TPSA) is 53.2 Å². The number of nitriles is 1. The maximum Gasteiger partial charge on any atom is 0.152 e.